The monoisotopic (exact) mass is 262 g/mol. The van der Waals surface area contributed by atoms with Crippen molar-refractivity contribution >= 4 is 5.97 Å². The average molecular weight is 262 g/mol. The Morgan fingerprint density at radius 2 is 1.40 bits per heavy atom. The van der Waals surface area contributed by atoms with Gasteiger partial charge in [0.05, 0.1) is 28.8 Å². The van der Waals surface area contributed by atoms with Gasteiger partial charge in [-0.15, -0.1) is 0 Å². The summed E-state index contributed by atoms with van der Waals surface area (Å²) >= 11 is 0. The molecule has 20 heavy (non-hydrogen) atoms. The predicted octanol–water partition coefficient (Wildman–Crippen LogP) is 2.79. The summed E-state index contributed by atoms with van der Waals surface area (Å²) in [5.41, 5.74) is 2.27. The van der Waals surface area contributed by atoms with Gasteiger partial charge in [0.25, 0.3) is 0 Å². The van der Waals surface area contributed by atoms with Crippen molar-refractivity contribution in [1.29, 1.82) is 10.5 Å². The van der Waals surface area contributed by atoms with E-state index in [9.17, 15) is 4.79 Å². The van der Waals surface area contributed by atoms with Crippen LogP contribution in [0.2, 0.25) is 0 Å². The minimum atomic E-state index is -0.446. The number of nitrogens with zero attached hydrogens (tertiary/aromatic N) is 2. The molecule has 4 heteroatoms. The second-order valence-electron chi connectivity index (χ2n) is 4.07. The number of esters is 1. The molecule has 0 spiro atoms. The van der Waals surface area contributed by atoms with Gasteiger partial charge in [0.2, 0.25) is 0 Å². The van der Waals surface area contributed by atoms with Crippen molar-refractivity contribution in [3.8, 4) is 12.1 Å². The maximum absolute atomic E-state index is 11.8. The first-order valence-electron chi connectivity index (χ1n) is 5.89. The number of nitriles is 2. The molecule has 0 atom stereocenters. The van der Waals surface area contributed by atoms with Crippen LogP contribution in [0.15, 0.2) is 48.5 Å². The quantitative estimate of drug-likeness (QED) is 0.797. The van der Waals surface area contributed by atoms with Crippen LogP contribution in [0.5, 0.6) is 0 Å². The first-order valence-corrected chi connectivity index (χ1v) is 5.89. The minimum absolute atomic E-state index is 0.143. The van der Waals surface area contributed by atoms with Crippen molar-refractivity contribution in [3.05, 3.63) is 70.8 Å². The lowest BCUT2D eigenvalue weighted by molar-refractivity contribution is 0.0472. The smallest absolute Gasteiger partial charge is 0.338 e. The minimum Gasteiger partial charge on any atom is -0.457 e. The number of carbonyl (C=O) groups excluding carboxylic acids is 1. The zero-order valence-electron chi connectivity index (χ0n) is 10.5. The molecule has 0 aliphatic rings. The van der Waals surface area contributed by atoms with E-state index in [0.717, 1.165) is 5.56 Å². The molecular weight excluding hydrogens is 252 g/mol. The predicted molar refractivity (Wildman–Crippen MR) is 71.4 cm³/mol. The molecule has 0 aromatic heterocycles. The SMILES string of the molecule is N#Cc1ccc(COC(=O)c2ccc(C#N)cc2)cc1. The lowest BCUT2D eigenvalue weighted by Gasteiger charge is -2.05. The summed E-state index contributed by atoms with van der Waals surface area (Å²) in [6.07, 6.45) is 0. The molecule has 0 radical (unpaired) electrons. The van der Waals surface area contributed by atoms with Crippen molar-refractivity contribution in [2.45, 2.75) is 6.61 Å². The van der Waals surface area contributed by atoms with Gasteiger partial charge in [-0.3, -0.25) is 0 Å². The molecule has 2 aromatic rings. The highest BCUT2D eigenvalue weighted by atomic mass is 16.5. The summed E-state index contributed by atoms with van der Waals surface area (Å²) in [5.74, 6) is -0.446. The summed E-state index contributed by atoms with van der Waals surface area (Å²) in [4.78, 5) is 11.8. The number of benzene rings is 2. The Hall–Kier alpha value is -3.11. The highest BCUT2D eigenvalue weighted by molar-refractivity contribution is 5.89. The summed E-state index contributed by atoms with van der Waals surface area (Å²) in [6.45, 7) is 0.143. The van der Waals surface area contributed by atoms with Crippen LogP contribution in [0, 0.1) is 22.7 Å². The summed E-state index contributed by atoms with van der Waals surface area (Å²) in [6, 6.07) is 17.1. The lowest BCUT2D eigenvalue weighted by atomic mass is 10.1. The zero-order valence-corrected chi connectivity index (χ0v) is 10.5. The standard InChI is InChI=1S/C16H10N2O2/c17-9-12-1-3-14(4-2-12)11-20-16(19)15-7-5-13(10-18)6-8-15/h1-8H,11H2. The Balaban J connectivity index is 1.97. The van der Waals surface area contributed by atoms with E-state index in [1.165, 1.54) is 0 Å². The fraction of sp³-hybridized carbons (Fsp3) is 0.0625. The van der Waals surface area contributed by atoms with Crippen LogP contribution in [0.4, 0.5) is 0 Å². The molecule has 0 fully saturated rings. The van der Waals surface area contributed by atoms with E-state index in [-0.39, 0.29) is 6.61 Å². The van der Waals surface area contributed by atoms with Crippen LogP contribution in [-0.4, -0.2) is 5.97 Å². The van der Waals surface area contributed by atoms with Crippen molar-refractivity contribution in [2.24, 2.45) is 0 Å². The first-order chi connectivity index (χ1) is 9.72. The lowest BCUT2D eigenvalue weighted by Crippen LogP contribution is -2.05. The molecule has 96 valence electrons. The Kier molecular flexibility index (Phi) is 4.11. The highest BCUT2D eigenvalue weighted by Gasteiger charge is 2.07. The van der Waals surface area contributed by atoms with Crippen molar-refractivity contribution in [3.63, 3.8) is 0 Å². The van der Waals surface area contributed by atoms with E-state index >= 15 is 0 Å². The Morgan fingerprint density at radius 1 is 0.900 bits per heavy atom. The summed E-state index contributed by atoms with van der Waals surface area (Å²) < 4.78 is 5.16. The number of ether oxygens (including phenoxy) is 1. The Bertz CT molecular complexity index is 689. The van der Waals surface area contributed by atoms with Crippen molar-refractivity contribution in [1.82, 2.24) is 0 Å². The van der Waals surface area contributed by atoms with E-state index in [4.69, 9.17) is 15.3 Å². The second kappa shape index (κ2) is 6.17. The fourth-order valence-electron chi connectivity index (χ4n) is 1.59. The van der Waals surface area contributed by atoms with Crippen LogP contribution < -0.4 is 0 Å². The van der Waals surface area contributed by atoms with Gasteiger partial charge in [-0.1, -0.05) is 12.1 Å². The van der Waals surface area contributed by atoms with E-state index in [2.05, 4.69) is 0 Å². The van der Waals surface area contributed by atoms with Gasteiger partial charge in [0, 0.05) is 0 Å². The van der Waals surface area contributed by atoms with Crippen molar-refractivity contribution in [2.75, 3.05) is 0 Å². The first kappa shape index (κ1) is 13.3. The zero-order chi connectivity index (χ0) is 14.4. The number of carbonyl (C=O) groups is 1. The van der Waals surface area contributed by atoms with Crippen LogP contribution in [0.25, 0.3) is 0 Å². The van der Waals surface area contributed by atoms with Crippen LogP contribution in [-0.2, 0) is 11.3 Å². The second-order valence-corrected chi connectivity index (χ2v) is 4.07. The Morgan fingerprint density at radius 3 is 1.90 bits per heavy atom. The molecule has 2 aromatic carbocycles. The number of hydrogen-bond acceptors (Lipinski definition) is 4. The van der Waals surface area contributed by atoms with Gasteiger partial charge in [0.1, 0.15) is 6.61 Å². The van der Waals surface area contributed by atoms with Crippen LogP contribution in [0.1, 0.15) is 27.0 Å². The molecule has 2 rings (SSSR count). The van der Waals surface area contributed by atoms with Crippen LogP contribution >= 0.6 is 0 Å². The third-order valence-electron chi connectivity index (χ3n) is 2.70. The molecule has 0 saturated heterocycles. The van der Waals surface area contributed by atoms with E-state index in [0.29, 0.717) is 16.7 Å². The van der Waals surface area contributed by atoms with Gasteiger partial charge in [-0.2, -0.15) is 10.5 Å². The number of rotatable bonds is 3. The van der Waals surface area contributed by atoms with Gasteiger partial charge >= 0.3 is 5.97 Å². The normalized spacial score (nSPS) is 9.30. The molecule has 0 bridgehead atoms. The number of hydrogen-bond donors (Lipinski definition) is 0. The highest BCUT2D eigenvalue weighted by Crippen LogP contribution is 2.09. The van der Waals surface area contributed by atoms with E-state index in [1.54, 1.807) is 48.5 Å². The maximum atomic E-state index is 11.8. The topological polar surface area (TPSA) is 73.9 Å². The van der Waals surface area contributed by atoms with Crippen molar-refractivity contribution < 1.29 is 9.53 Å². The molecule has 0 heterocycles. The Labute approximate surface area is 116 Å². The average Bonchev–Trinajstić information content (AvgIpc) is 2.53. The summed E-state index contributed by atoms with van der Waals surface area (Å²) in [7, 11) is 0. The van der Waals surface area contributed by atoms with Gasteiger partial charge in [-0.25, -0.2) is 4.79 Å². The fourth-order valence-corrected chi connectivity index (χ4v) is 1.59. The summed E-state index contributed by atoms with van der Waals surface area (Å²) in [5, 5.41) is 17.4. The van der Waals surface area contributed by atoms with E-state index in [1.807, 2.05) is 12.1 Å². The van der Waals surface area contributed by atoms with Gasteiger partial charge in [-0.05, 0) is 42.0 Å². The molecule has 0 aliphatic heterocycles. The maximum Gasteiger partial charge on any atom is 0.338 e. The van der Waals surface area contributed by atoms with Gasteiger partial charge in [0.15, 0.2) is 0 Å². The molecule has 0 unspecified atom stereocenters. The molecule has 0 aliphatic carbocycles. The largest absolute Gasteiger partial charge is 0.457 e. The third-order valence-corrected chi connectivity index (χ3v) is 2.70. The third kappa shape index (κ3) is 3.22. The van der Waals surface area contributed by atoms with Crippen LogP contribution in [0.3, 0.4) is 0 Å². The molecule has 0 amide bonds. The molecular formula is C16H10N2O2. The molecule has 0 N–H and O–H groups in total. The molecule has 4 nitrogen and oxygen atoms in total. The van der Waals surface area contributed by atoms with Gasteiger partial charge < -0.3 is 4.74 Å². The van der Waals surface area contributed by atoms with E-state index < -0.39 is 5.97 Å². The molecule has 0 saturated carbocycles.